The van der Waals surface area contributed by atoms with E-state index in [1.807, 2.05) is 39.8 Å². The second kappa shape index (κ2) is 6.57. The highest BCUT2D eigenvalue weighted by Crippen LogP contribution is 2.36. The Morgan fingerprint density at radius 3 is 2.42 bits per heavy atom. The van der Waals surface area contributed by atoms with Gasteiger partial charge >= 0.3 is 5.97 Å². The summed E-state index contributed by atoms with van der Waals surface area (Å²) >= 11 is 0. The number of ether oxygens (including phenoxy) is 2. The zero-order valence-electron chi connectivity index (χ0n) is 12.2. The molecule has 19 heavy (non-hydrogen) atoms. The van der Waals surface area contributed by atoms with Crippen LogP contribution in [-0.2, 0) is 9.53 Å². The van der Waals surface area contributed by atoms with Gasteiger partial charge in [-0.1, -0.05) is 25.5 Å². The van der Waals surface area contributed by atoms with Crippen LogP contribution in [0.5, 0.6) is 5.75 Å². The first-order chi connectivity index (χ1) is 8.86. The lowest BCUT2D eigenvalue weighted by atomic mass is 9.94. The predicted molar refractivity (Wildman–Crippen MR) is 73.6 cm³/mol. The van der Waals surface area contributed by atoms with Gasteiger partial charge in [0.05, 0.1) is 13.2 Å². The molecule has 0 aliphatic rings. The fraction of sp³-hybridized carbons (Fsp3) is 0.533. The van der Waals surface area contributed by atoms with Crippen LogP contribution in [0.1, 0.15) is 36.6 Å². The van der Waals surface area contributed by atoms with E-state index < -0.39 is 5.97 Å². The number of carboxylic acid groups (broad SMARTS) is 1. The average Bonchev–Trinajstić information content (AvgIpc) is 2.27. The number of hydrogen-bond donors (Lipinski definition) is 1. The molecule has 1 N–H and O–H groups in total. The zero-order chi connectivity index (χ0) is 14.6. The van der Waals surface area contributed by atoms with Gasteiger partial charge in [-0.25, -0.2) is 4.79 Å². The van der Waals surface area contributed by atoms with Crippen molar-refractivity contribution in [2.24, 2.45) is 5.92 Å². The van der Waals surface area contributed by atoms with E-state index in [2.05, 4.69) is 0 Å². The first kappa shape index (κ1) is 15.5. The molecule has 0 spiro atoms. The second-order valence-electron chi connectivity index (χ2n) is 5.07. The Kier molecular flexibility index (Phi) is 5.36. The summed E-state index contributed by atoms with van der Waals surface area (Å²) in [6, 6.07) is 4.04. The second-order valence-corrected chi connectivity index (χ2v) is 5.07. The van der Waals surface area contributed by atoms with Crippen molar-refractivity contribution in [3.8, 4) is 5.75 Å². The number of carbonyl (C=O) groups is 1. The van der Waals surface area contributed by atoms with Crippen LogP contribution >= 0.6 is 0 Å². The molecule has 4 heteroatoms. The van der Waals surface area contributed by atoms with Crippen LogP contribution in [0.3, 0.4) is 0 Å². The molecule has 0 aliphatic heterocycles. The van der Waals surface area contributed by atoms with Crippen molar-refractivity contribution >= 4 is 5.97 Å². The molecule has 0 radical (unpaired) electrons. The maximum Gasteiger partial charge on any atom is 0.329 e. The third-order valence-corrected chi connectivity index (χ3v) is 2.95. The highest BCUT2D eigenvalue weighted by molar-refractivity contribution is 5.68. The Balaban J connectivity index is 3.17. The van der Waals surface area contributed by atoms with Crippen molar-refractivity contribution in [2.75, 3.05) is 13.7 Å². The first-order valence-electron chi connectivity index (χ1n) is 6.35. The van der Waals surface area contributed by atoms with E-state index in [0.29, 0.717) is 0 Å². The van der Waals surface area contributed by atoms with E-state index in [1.165, 1.54) is 0 Å². The molecule has 1 rings (SSSR count). The highest BCUT2D eigenvalue weighted by Gasteiger charge is 2.23. The quantitative estimate of drug-likeness (QED) is 0.859. The number of rotatable bonds is 6. The van der Waals surface area contributed by atoms with Crippen molar-refractivity contribution in [3.63, 3.8) is 0 Å². The predicted octanol–water partition coefficient (Wildman–Crippen LogP) is 3.11. The minimum absolute atomic E-state index is 0.162. The molecule has 1 aromatic carbocycles. The molecule has 0 saturated heterocycles. The molecule has 1 atom stereocenters. The van der Waals surface area contributed by atoms with Gasteiger partial charge in [0.15, 0.2) is 0 Å². The lowest BCUT2D eigenvalue weighted by molar-refractivity contribution is -0.145. The Morgan fingerprint density at radius 2 is 1.95 bits per heavy atom. The van der Waals surface area contributed by atoms with Gasteiger partial charge in [0, 0.05) is 5.56 Å². The number of aryl methyl sites for hydroxylation is 2. The third-order valence-electron chi connectivity index (χ3n) is 2.95. The Morgan fingerprint density at radius 1 is 1.32 bits per heavy atom. The largest absolute Gasteiger partial charge is 0.496 e. The van der Waals surface area contributed by atoms with E-state index in [1.54, 1.807) is 7.11 Å². The Bertz CT molecular complexity index is 452. The number of aliphatic carboxylic acids is 1. The topological polar surface area (TPSA) is 55.8 Å². The van der Waals surface area contributed by atoms with E-state index in [9.17, 15) is 4.79 Å². The molecule has 106 valence electrons. The van der Waals surface area contributed by atoms with Gasteiger partial charge in [0.1, 0.15) is 12.4 Å². The molecule has 0 fully saturated rings. The summed E-state index contributed by atoms with van der Waals surface area (Å²) in [4.78, 5) is 10.7. The van der Waals surface area contributed by atoms with E-state index in [0.717, 1.165) is 22.4 Å². The van der Waals surface area contributed by atoms with Gasteiger partial charge < -0.3 is 14.6 Å². The van der Waals surface area contributed by atoms with Gasteiger partial charge in [-0.2, -0.15) is 0 Å². The molecule has 0 heterocycles. The lowest BCUT2D eigenvalue weighted by Gasteiger charge is -2.24. The van der Waals surface area contributed by atoms with Crippen LogP contribution in [0, 0.1) is 19.8 Å². The van der Waals surface area contributed by atoms with Crippen molar-refractivity contribution in [3.05, 3.63) is 28.8 Å². The van der Waals surface area contributed by atoms with Crippen LogP contribution in [0.2, 0.25) is 0 Å². The Labute approximate surface area is 114 Å². The summed E-state index contributed by atoms with van der Waals surface area (Å²) in [7, 11) is 1.62. The number of benzene rings is 1. The van der Waals surface area contributed by atoms with E-state index in [-0.39, 0.29) is 18.6 Å². The van der Waals surface area contributed by atoms with Gasteiger partial charge in [-0.15, -0.1) is 0 Å². The highest BCUT2D eigenvalue weighted by atomic mass is 16.5. The van der Waals surface area contributed by atoms with Crippen LogP contribution in [0.15, 0.2) is 12.1 Å². The minimum Gasteiger partial charge on any atom is -0.496 e. The fourth-order valence-electron chi connectivity index (χ4n) is 2.28. The summed E-state index contributed by atoms with van der Waals surface area (Å²) in [6.45, 7) is 7.68. The van der Waals surface area contributed by atoms with Crippen LogP contribution < -0.4 is 4.74 Å². The number of hydrogen-bond acceptors (Lipinski definition) is 3. The average molecular weight is 266 g/mol. The van der Waals surface area contributed by atoms with Gasteiger partial charge in [0.25, 0.3) is 0 Å². The molecule has 0 aliphatic carbocycles. The summed E-state index contributed by atoms with van der Waals surface area (Å²) in [5.41, 5.74) is 3.05. The summed E-state index contributed by atoms with van der Waals surface area (Å²) in [6.07, 6.45) is -0.287. The summed E-state index contributed by atoms with van der Waals surface area (Å²) < 4.78 is 11.0. The normalized spacial score (nSPS) is 12.5. The van der Waals surface area contributed by atoms with E-state index >= 15 is 0 Å². The molecule has 0 amide bonds. The number of carboxylic acids is 1. The molecule has 0 aromatic heterocycles. The monoisotopic (exact) mass is 266 g/mol. The maximum atomic E-state index is 10.7. The molecular formula is C15H22O4. The van der Waals surface area contributed by atoms with Crippen LogP contribution in [0.25, 0.3) is 0 Å². The molecule has 1 unspecified atom stereocenters. The van der Waals surface area contributed by atoms with Crippen LogP contribution in [-0.4, -0.2) is 24.8 Å². The van der Waals surface area contributed by atoms with Crippen LogP contribution in [0.4, 0.5) is 0 Å². The van der Waals surface area contributed by atoms with Crippen molar-refractivity contribution < 1.29 is 19.4 Å². The van der Waals surface area contributed by atoms with Gasteiger partial charge in [-0.05, 0) is 31.4 Å². The standard InChI is InChI=1S/C15H22O4/c1-9(2)14(19-8-13(16)17)12-7-10(3)6-11(4)15(12)18-5/h6-7,9,14H,8H2,1-5H3,(H,16,17). The maximum absolute atomic E-state index is 10.7. The van der Waals surface area contributed by atoms with Gasteiger partial charge in [-0.3, -0.25) is 0 Å². The lowest BCUT2D eigenvalue weighted by Crippen LogP contribution is -2.17. The van der Waals surface area contributed by atoms with Crippen molar-refractivity contribution in [2.45, 2.75) is 33.8 Å². The van der Waals surface area contributed by atoms with Crippen molar-refractivity contribution in [1.29, 1.82) is 0 Å². The third kappa shape index (κ3) is 3.96. The molecule has 1 aromatic rings. The molecule has 0 saturated carbocycles. The smallest absolute Gasteiger partial charge is 0.329 e. The van der Waals surface area contributed by atoms with Gasteiger partial charge in [0.2, 0.25) is 0 Å². The summed E-state index contributed by atoms with van der Waals surface area (Å²) in [5.74, 6) is -0.0295. The molecule has 0 bridgehead atoms. The molecular weight excluding hydrogens is 244 g/mol. The molecule has 4 nitrogen and oxygen atoms in total. The van der Waals surface area contributed by atoms with E-state index in [4.69, 9.17) is 14.6 Å². The fourth-order valence-corrected chi connectivity index (χ4v) is 2.28. The zero-order valence-corrected chi connectivity index (χ0v) is 12.2. The SMILES string of the molecule is COc1c(C)cc(C)cc1C(OCC(=O)O)C(C)C. The number of methoxy groups -OCH3 is 1. The first-order valence-corrected chi connectivity index (χ1v) is 6.35. The Hall–Kier alpha value is -1.55. The minimum atomic E-state index is -0.964. The summed E-state index contributed by atoms with van der Waals surface area (Å²) in [5, 5.41) is 8.77. The van der Waals surface area contributed by atoms with Crippen molar-refractivity contribution in [1.82, 2.24) is 0 Å².